The number of carboxylic acid groups (broad SMARTS) is 1. The Morgan fingerprint density at radius 2 is 2.04 bits per heavy atom. The van der Waals surface area contributed by atoms with E-state index in [2.05, 4.69) is 19.1 Å². The number of aliphatic carboxylic acids is 1. The second-order valence-electron chi connectivity index (χ2n) is 7.12. The number of allylic oxidation sites excluding steroid dienone is 6. The number of carboxylic acids is 1. The number of unbranched alkanes of at least 4 members (excludes halogenated alkanes) is 3. The topological polar surface area (TPSA) is 54.4 Å². The molecule has 2 atom stereocenters. The summed E-state index contributed by atoms with van der Waals surface area (Å²) in [6, 6.07) is 0. The van der Waals surface area contributed by atoms with Crippen LogP contribution in [0.5, 0.6) is 0 Å². The number of fused-ring (bicyclic) bond motifs is 1. The normalized spacial score (nSPS) is 24.5. The van der Waals surface area contributed by atoms with Crippen LogP contribution in [0.2, 0.25) is 0 Å². The first-order valence-electron chi connectivity index (χ1n) is 9.40. The van der Waals surface area contributed by atoms with Crippen LogP contribution in [0, 0.1) is 11.8 Å². The lowest BCUT2D eigenvalue weighted by Crippen LogP contribution is -2.02. The van der Waals surface area contributed by atoms with Gasteiger partial charge < -0.3 is 5.11 Å². The molecule has 1 saturated carbocycles. The molecule has 132 valence electrons. The summed E-state index contributed by atoms with van der Waals surface area (Å²) in [6.45, 7) is 2.15. The van der Waals surface area contributed by atoms with Gasteiger partial charge in [0.15, 0.2) is 5.78 Å². The standard InChI is InChI=1S/C21H30O3/c1-2-3-4-8-19(22)13-12-17-10-11-18-14-16(15-20(17)18)7-5-6-9-21(23)24/h7,10,12-13,18,20H,2-6,8-9,11,14-15H2,1H3,(H,23,24)/b13-12+,16-7-/t18-,20-/m1/s1. The number of carbonyl (C=O) groups is 2. The smallest absolute Gasteiger partial charge is 0.303 e. The van der Waals surface area contributed by atoms with Gasteiger partial charge in [-0.3, -0.25) is 9.59 Å². The quantitative estimate of drug-likeness (QED) is 0.339. The molecule has 0 aromatic carbocycles. The van der Waals surface area contributed by atoms with Gasteiger partial charge in [0.1, 0.15) is 0 Å². The summed E-state index contributed by atoms with van der Waals surface area (Å²) >= 11 is 0. The molecule has 2 aliphatic rings. The summed E-state index contributed by atoms with van der Waals surface area (Å²) in [7, 11) is 0. The highest BCUT2D eigenvalue weighted by Crippen LogP contribution is 2.47. The summed E-state index contributed by atoms with van der Waals surface area (Å²) < 4.78 is 0. The van der Waals surface area contributed by atoms with Gasteiger partial charge in [-0.15, -0.1) is 0 Å². The second-order valence-corrected chi connectivity index (χ2v) is 7.12. The third kappa shape index (κ3) is 5.77. The van der Waals surface area contributed by atoms with E-state index in [4.69, 9.17) is 5.11 Å². The zero-order valence-electron chi connectivity index (χ0n) is 14.8. The summed E-state index contributed by atoms with van der Waals surface area (Å²) in [5.41, 5.74) is 2.81. The molecule has 0 radical (unpaired) electrons. The van der Waals surface area contributed by atoms with Crippen molar-refractivity contribution in [2.45, 2.75) is 71.1 Å². The minimum absolute atomic E-state index is 0.246. The van der Waals surface area contributed by atoms with Crippen molar-refractivity contribution in [3.63, 3.8) is 0 Å². The lowest BCUT2D eigenvalue weighted by molar-refractivity contribution is -0.137. The average Bonchev–Trinajstić information content (AvgIpc) is 3.10. The van der Waals surface area contributed by atoms with Gasteiger partial charge in [-0.25, -0.2) is 0 Å². The van der Waals surface area contributed by atoms with Crippen molar-refractivity contribution in [1.82, 2.24) is 0 Å². The summed E-state index contributed by atoms with van der Waals surface area (Å²) in [4.78, 5) is 22.4. The molecule has 24 heavy (non-hydrogen) atoms. The Hall–Kier alpha value is -1.64. The van der Waals surface area contributed by atoms with Crippen molar-refractivity contribution in [2.75, 3.05) is 0 Å². The molecule has 3 heteroatoms. The van der Waals surface area contributed by atoms with Crippen molar-refractivity contribution in [2.24, 2.45) is 11.8 Å². The molecule has 0 saturated heterocycles. The van der Waals surface area contributed by atoms with E-state index in [-0.39, 0.29) is 12.2 Å². The van der Waals surface area contributed by atoms with Gasteiger partial charge in [0.2, 0.25) is 0 Å². The highest BCUT2D eigenvalue weighted by molar-refractivity contribution is 5.90. The van der Waals surface area contributed by atoms with Gasteiger partial charge in [0, 0.05) is 12.8 Å². The summed E-state index contributed by atoms with van der Waals surface area (Å²) in [5, 5.41) is 8.68. The number of hydrogen-bond donors (Lipinski definition) is 1. The lowest BCUT2D eigenvalue weighted by Gasteiger charge is -2.10. The highest BCUT2D eigenvalue weighted by Gasteiger charge is 2.34. The molecule has 0 aliphatic heterocycles. The van der Waals surface area contributed by atoms with Crippen LogP contribution in [0.3, 0.4) is 0 Å². The molecule has 0 amide bonds. The molecule has 2 rings (SSSR count). The van der Waals surface area contributed by atoms with Crippen molar-refractivity contribution in [3.05, 3.63) is 35.5 Å². The molecule has 0 heterocycles. The second kappa shape index (κ2) is 9.61. The summed E-state index contributed by atoms with van der Waals surface area (Å²) in [6.07, 6.45) is 17.5. The van der Waals surface area contributed by atoms with E-state index in [0.29, 0.717) is 18.3 Å². The first-order valence-corrected chi connectivity index (χ1v) is 9.40. The Labute approximate surface area is 145 Å². The third-order valence-corrected chi connectivity index (χ3v) is 5.18. The predicted molar refractivity (Wildman–Crippen MR) is 96.8 cm³/mol. The fourth-order valence-electron chi connectivity index (χ4n) is 3.83. The monoisotopic (exact) mass is 330 g/mol. The molecule has 0 unspecified atom stereocenters. The molecular weight excluding hydrogens is 300 g/mol. The van der Waals surface area contributed by atoms with Crippen molar-refractivity contribution < 1.29 is 14.7 Å². The van der Waals surface area contributed by atoms with Gasteiger partial charge in [-0.2, -0.15) is 0 Å². The van der Waals surface area contributed by atoms with Gasteiger partial charge in [-0.05, 0) is 62.0 Å². The fraction of sp³-hybridized carbons (Fsp3) is 0.619. The number of hydrogen-bond acceptors (Lipinski definition) is 2. The Morgan fingerprint density at radius 1 is 1.21 bits per heavy atom. The molecule has 0 aromatic rings. The van der Waals surface area contributed by atoms with Crippen LogP contribution in [0.25, 0.3) is 0 Å². The van der Waals surface area contributed by atoms with E-state index in [1.54, 1.807) is 6.08 Å². The maximum atomic E-state index is 11.9. The van der Waals surface area contributed by atoms with Gasteiger partial charge >= 0.3 is 5.97 Å². The van der Waals surface area contributed by atoms with Crippen LogP contribution in [-0.2, 0) is 9.59 Å². The van der Waals surface area contributed by atoms with Crippen molar-refractivity contribution in [3.8, 4) is 0 Å². The molecular formula is C21H30O3. The number of ketones is 1. The fourth-order valence-corrected chi connectivity index (χ4v) is 3.83. The highest BCUT2D eigenvalue weighted by atomic mass is 16.4. The molecule has 0 bridgehead atoms. The van der Waals surface area contributed by atoms with E-state index >= 15 is 0 Å². The van der Waals surface area contributed by atoms with E-state index < -0.39 is 5.97 Å². The maximum Gasteiger partial charge on any atom is 0.303 e. The van der Waals surface area contributed by atoms with E-state index in [9.17, 15) is 9.59 Å². The average molecular weight is 330 g/mol. The molecule has 0 aromatic heterocycles. The van der Waals surface area contributed by atoms with Crippen LogP contribution < -0.4 is 0 Å². The lowest BCUT2D eigenvalue weighted by atomic mass is 9.94. The zero-order chi connectivity index (χ0) is 17.4. The molecule has 2 aliphatic carbocycles. The van der Waals surface area contributed by atoms with E-state index in [0.717, 1.165) is 51.4 Å². The Morgan fingerprint density at radius 3 is 2.79 bits per heavy atom. The predicted octanol–water partition coefficient (Wildman–Crippen LogP) is 5.23. The molecule has 1 fully saturated rings. The maximum absolute atomic E-state index is 11.9. The van der Waals surface area contributed by atoms with Crippen LogP contribution in [0.4, 0.5) is 0 Å². The summed E-state index contributed by atoms with van der Waals surface area (Å²) in [5.74, 6) is 0.784. The van der Waals surface area contributed by atoms with E-state index in [1.807, 2.05) is 6.08 Å². The Balaban J connectivity index is 1.78. The molecule has 1 N–H and O–H groups in total. The minimum Gasteiger partial charge on any atom is -0.481 e. The van der Waals surface area contributed by atoms with Gasteiger partial charge in [0.05, 0.1) is 0 Å². The SMILES string of the molecule is CCCCCC(=O)/C=C/C1=CC[C@@H]2C/C(=C/CCCC(=O)O)C[C@H]12. The van der Waals surface area contributed by atoms with Crippen LogP contribution >= 0.6 is 0 Å². The Kier molecular flexibility index (Phi) is 7.48. The van der Waals surface area contributed by atoms with Gasteiger partial charge in [-0.1, -0.05) is 43.6 Å². The minimum atomic E-state index is -0.712. The van der Waals surface area contributed by atoms with E-state index in [1.165, 1.54) is 11.1 Å². The number of rotatable bonds is 10. The van der Waals surface area contributed by atoms with Crippen LogP contribution in [0.1, 0.15) is 71.1 Å². The first-order chi connectivity index (χ1) is 11.6. The van der Waals surface area contributed by atoms with Crippen LogP contribution in [0.15, 0.2) is 35.5 Å². The van der Waals surface area contributed by atoms with Gasteiger partial charge in [0.25, 0.3) is 0 Å². The van der Waals surface area contributed by atoms with Crippen LogP contribution in [-0.4, -0.2) is 16.9 Å². The third-order valence-electron chi connectivity index (χ3n) is 5.18. The first kappa shape index (κ1) is 18.7. The largest absolute Gasteiger partial charge is 0.481 e. The molecule has 3 nitrogen and oxygen atoms in total. The van der Waals surface area contributed by atoms with Crippen molar-refractivity contribution >= 4 is 11.8 Å². The zero-order valence-corrected chi connectivity index (χ0v) is 14.8. The number of carbonyl (C=O) groups excluding carboxylic acids is 1. The molecule has 0 spiro atoms. The van der Waals surface area contributed by atoms with Crippen molar-refractivity contribution in [1.29, 1.82) is 0 Å². The Bertz CT molecular complexity index is 539.